The minimum absolute atomic E-state index is 0.00189. The van der Waals surface area contributed by atoms with Gasteiger partial charge in [0.25, 0.3) is 0 Å². The molecule has 0 aliphatic carbocycles. The summed E-state index contributed by atoms with van der Waals surface area (Å²) >= 11 is 6.12. The average Bonchev–Trinajstić information content (AvgIpc) is 3.14. The molecular formula is C24H23ClF2N4O4. The van der Waals surface area contributed by atoms with Gasteiger partial charge in [0.05, 0.1) is 17.3 Å². The van der Waals surface area contributed by atoms with Crippen molar-refractivity contribution in [1.29, 1.82) is 0 Å². The van der Waals surface area contributed by atoms with Crippen molar-refractivity contribution in [3.8, 4) is 0 Å². The van der Waals surface area contributed by atoms with Crippen LogP contribution in [0.2, 0.25) is 5.02 Å². The normalized spacial score (nSPS) is 18.4. The Morgan fingerprint density at radius 2 is 1.91 bits per heavy atom. The Morgan fingerprint density at radius 1 is 1.14 bits per heavy atom. The first-order valence-corrected chi connectivity index (χ1v) is 11.3. The standard InChI is InChI=1S/C24H23ClF2N4O4/c1-14-20(22(32)33)21(15-4-2-5-16(25)12-15)31(23(34)28-14)9-3-8-29-10-11-30(24(29)35)19-7-6-17(26)13-18(19)27/h2,4-7,12-13,21H,3,8-11H2,1H3,(H,28,34)(H,32,33). The molecule has 1 fully saturated rings. The van der Waals surface area contributed by atoms with Crippen LogP contribution in [0.1, 0.15) is 24.9 Å². The van der Waals surface area contributed by atoms with Gasteiger partial charge in [-0.3, -0.25) is 4.90 Å². The quantitative estimate of drug-likeness (QED) is 0.585. The largest absolute Gasteiger partial charge is 0.478 e. The van der Waals surface area contributed by atoms with Crippen LogP contribution >= 0.6 is 11.6 Å². The predicted molar refractivity (Wildman–Crippen MR) is 125 cm³/mol. The van der Waals surface area contributed by atoms with Crippen LogP contribution in [-0.2, 0) is 4.79 Å². The molecule has 4 amide bonds. The first-order chi connectivity index (χ1) is 16.7. The van der Waals surface area contributed by atoms with E-state index >= 15 is 0 Å². The van der Waals surface area contributed by atoms with Crippen molar-refractivity contribution in [3.05, 3.63) is 76.0 Å². The van der Waals surface area contributed by atoms with Crippen molar-refractivity contribution in [1.82, 2.24) is 15.1 Å². The number of carbonyl (C=O) groups excluding carboxylic acids is 2. The fourth-order valence-corrected chi connectivity index (χ4v) is 4.65. The Morgan fingerprint density at radius 3 is 2.60 bits per heavy atom. The number of carboxylic acids is 1. The summed E-state index contributed by atoms with van der Waals surface area (Å²) in [5, 5.41) is 12.8. The monoisotopic (exact) mass is 504 g/mol. The molecule has 11 heteroatoms. The third-order valence-corrected chi connectivity index (χ3v) is 6.30. The van der Waals surface area contributed by atoms with Gasteiger partial charge in [0.15, 0.2) is 0 Å². The molecule has 0 spiro atoms. The molecular weight excluding hydrogens is 482 g/mol. The van der Waals surface area contributed by atoms with Crippen LogP contribution in [0.5, 0.6) is 0 Å². The summed E-state index contributed by atoms with van der Waals surface area (Å²) in [6.45, 7) is 2.51. The van der Waals surface area contributed by atoms with E-state index in [1.165, 1.54) is 27.7 Å². The van der Waals surface area contributed by atoms with Crippen molar-refractivity contribution >= 4 is 35.3 Å². The minimum Gasteiger partial charge on any atom is -0.478 e. The zero-order valence-electron chi connectivity index (χ0n) is 18.8. The number of nitrogens with one attached hydrogen (secondary N) is 1. The lowest BCUT2D eigenvalue weighted by molar-refractivity contribution is -0.133. The highest BCUT2D eigenvalue weighted by molar-refractivity contribution is 6.30. The molecule has 1 atom stereocenters. The molecule has 2 aliphatic heterocycles. The summed E-state index contributed by atoms with van der Waals surface area (Å²) < 4.78 is 27.4. The van der Waals surface area contributed by atoms with Crippen LogP contribution in [0.25, 0.3) is 0 Å². The van der Waals surface area contributed by atoms with E-state index in [4.69, 9.17) is 11.6 Å². The van der Waals surface area contributed by atoms with Gasteiger partial charge >= 0.3 is 18.0 Å². The van der Waals surface area contributed by atoms with Crippen LogP contribution in [0, 0.1) is 11.6 Å². The number of nitrogens with zero attached hydrogens (tertiary/aromatic N) is 3. The van der Waals surface area contributed by atoms with E-state index in [0.717, 1.165) is 12.1 Å². The van der Waals surface area contributed by atoms with Crippen LogP contribution in [0.3, 0.4) is 0 Å². The Labute approximate surface area is 205 Å². The number of anilines is 1. The van der Waals surface area contributed by atoms with Crippen LogP contribution in [-0.4, -0.2) is 59.1 Å². The Hall–Kier alpha value is -3.66. The highest BCUT2D eigenvalue weighted by atomic mass is 35.5. The molecule has 0 aromatic heterocycles. The van der Waals surface area contributed by atoms with Crippen LogP contribution in [0.4, 0.5) is 24.1 Å². The maximum absolute atomic E-state index is 14.1. The molecule has 2 N–H and O–H groups in total. The lowest BCUT2D eigenvalue weighted by Gasteiger charge is -2.37. The molecule has 184 valence electrons. The number of carbonyl (C=O) groups is 3. The maximum Gasteiger partial charge on any atom is 0.335 e. The number of benzene rings is 2. The number of urea groups is 2. The maximum atomic E-state index is 14.1. The van der Waals surface area contributed by atoms with Gasteiger partial charge in [-0.1, -0.05) is 23.7 Å². The summed E-state index contributed by atoms with van der Waals surface area (Å²) in [5.41, 5.74) is 0.832. The third kappa shape index (κ3) is 4.93. The minimum atomic E-state index is -1.16. The molecule has 4 rings (SSSR count). The fraction of sp³-hybridized carbons (Fsp3) is 0.292. The number of hydrogen-bond donors (Lipinski definition) is 2. The third-order valence-electron chi connectivity index (χ3n) is 6.06. The SMILES string of the molecule is CC1=C(C(=O)O)C(c2cccc(Cl)c2)N(CCCN2CCN(c3ccc(F)cc3F)C2=O)C(=O)N1. The van der Waals surface area contributed by atoms with Gasteiger partial charge in [-0.05, 0) is 43.2 Å². The second kappa shape index (κ2) is 9.91. The first-order valence-electron chi connectivity index (χ1n) is 11.0. The van der Waals surface area contributed by atoms with Gasteiger partial charge in [0.2, 0.25) is 0 Å². The molecule has 2 aliphatic rings. The van der Waals surface area contributed by atoms with Crippen molar-refractivity contribution < 1.29 is 28.3 Å². The molecule has 1 saturated heterocycles. The van der Waals surface area contributed by atoms with E-state index in [1.807, 2.05) is 0 Å². The number of allylic oxidation sites excluding steroid dienone is 1. The predicted octanol–water partition coefficient (Wildman–Crippen LogP) is 4.38. The molecule has 0 bridgehead atoms. The highest BCUT2D eigenvalue weighted by Gasteiger charge is 2.38. The van der Waals surface area contributed by atoms with Gasteiger partial charge in [0.1, 0.15) is 11.6 Å². The van der Waals surface area contributed by atoms with Crippen molar-refractivity contribution in [3.63, 3.8) is 0 Å². The van der Waals surface area contributed by atoms with Crippen LogP contribution in [0.15, 0.2) is 53.7 Å². The van der Waals surface area contributed by atoms with Crippen molar-refractivity contribution in [2.24, 2.45) is 0 Å². The topological polar surface area (TPSA) is 93.2 Å². The molecule has 35 heavy (non-hydrogen) atoms. The molecule has 2 aromatic carbocycles. The number of amides is 4. The molecule has 0 radical (unpaired) electrons. The molecule has 8 nitrogen and oxygen atoms in total. The zero-order chi connectivity index (χ0) is 25.3. The summed E-state index contributed by atoms with van der Waals surface area (Å²) in [6, 6.07) is 7.96. The average molecular weight is 505 g/mol. The molecule has 2 aromatic rings. The van der Waals surface area contributed by atoms with E-state index in [0.29, 0.717) is 23.6 Å². The van der Waals surface area contributed by atoms with Gasteiger partial charge in [0, 0.05) is 43.0 Å². The molecule has 1 unspecified atom stereocenters. The number of carboxylic acid groups (broad SMARTS) is 1. The van der Waals surface area contributed by atoms with Gasteiger partial charge < -0.3 is 20.2 Å². The zero-order valence-corrected chi connectivity index (χ0v) is 19.6. The van der Waals surface area contributed by atoms with E-state index < -0.39 is 35.7 Å². The van der Waals surface area contributed by atoms with E-state index in [1.54, 1.807) is 24.3 Å². The van der Waals surface area contributed by atoms with Crippen molar-refractivity contribution in [2.75, 3.05) is 31.1 Å². The van der Waals surface area contributed by atoms with E-state index in [9.17, 15) is 28.3 Å². The summed E-state index contributed by atoms with van der Waals surface area (Å²) in [4.78, 5) is 41.8. The van der Waals surface area contributed by atoms with Gasteiger partial charge in [-0.25, -0.2) is 23.2 Å². The van der Waals surface area contributed by atoms with Gasteiger partial charge in [-0.15, -0.1) is 0 Å². The summed E-state index contributed by atoms with van der Waals surface area (Å²) in [5.74, 6) is -2.71. The summed E-state index contributed by atoms with van der Waals surface area (Å²) in [7, 11) is 0. The Kier molecular flexibility index (Phi) is 6.93. The first kappa shape index (κ1) is 24.5. The second-order valence-electron chi connectivity index (χ2n) is 8.30. The second-order valence-corrected chi connectivity index (χ2v) is 8.73. The number of hydrogen-bond acceptors (Lipinski definition) is 3. The summed E-state index contributed by atoms with van der Waals surface area (Å²) in [6.07, 6.45) is 0.349. The van der Waals surface area contributed by atoms with E-state index in [2.05, 4.69) is 5.32 Å². The Balaban J connectivity index is 1.48. The number of halogens is 3. The fourth-order valence-electron chi connectivity index (χ4n) is 4.45. The van der Waals surface area contributed by atoms with Crippen LogP contribution < -0.4 is 10.2 Å². The van der Waals surface area contributed by atoms with E-state index in [-0.39, 0.29) is 36.6 Å². The molecule has 0 saturated carbocycles. The Bertz CT molecular complexity index is 1220. The number of aliphatic carboxylic acids is 1. The smallest absolute Gasteiger partial charge is 0.335 e. The highest BCUT2D eigenvalue weighted by Crippen LogP contribution is 2.35. The lowest BCUT2D eigenvalue weighted by atomic mass is 9.93. The van der Waals surface area contributed by atoms with Gasteiger partial charge in [-0.2, -0.15) is 0 Å². The lowest BCUT2D eigenvalue weighted by Crippen LogP contribution is -2.49. The number of rotatable bonds is 7. The van der Waals surface area contributed by atoms with Crippen molar-refractivity contribution in [2.45, 2.75) is 19.4 Å². The molecule has 2 heterocycles.